The second kappa shape index (κ2) is 7.22. The van der Waals surface area contributed by atoms with Crippen LogP contribution < -0.4 is 10.2 Å². The van der Waals surface area contributed by atoms with Gasteiger partial charge >= 0.3 is 0 Å². The fraction of sp³-hybridized carbons (Fsp3) is 0.786. The van der Waals surface area contributed by atoms with Gasteiger partial charge in [-0.05, 0) is 19.9 Å². The molecule has 0 amide bonds. The third kappa shape index (κ3) is 4.16. The fourth-order valence-corrected chi connectivity index (χ4v) is 3.11. The molecule has 1 aromatic heterocycles. The second-order valence-corrected chi connectivity index (χ2v) is 6.31. The average Bonchev–Trinajstić information content (AvgIpc) is 2.93. The summed E-state index contributed by atoms with van der Waals surface area (Å²) in [4.78, 5) is 10.8. The molecule has 0 radical (unpaired) electrons. The van der Waals surface area contributed by atoms with E-state index in [0.29, 0.717) is 6.04 Å². The Morgan fingerprint density at radius 2 is 2.05 bits per heavy atom. The molecule has 1 fully saturated rings. The highest BCUT2D eigenvalue weighted by molar-refractivity contribution is 7.15. The Kier molecular flexibility index (Phi) is 5.60. The molecule has 1 aliphatic rings. The maximum absolute atomic E-state index is 4.58. The van der Waals surface area contributed by atoms with Gasteiger partial charge < -0.3 is 15.1 Å². The zero-order valence-corrected chi connectivity index (χ0v) is 13.2. The monoisotopic (exact) mass is 282 g/mol. The topological polar surface area (TPSA) is 31.4 Å². The van der Waals surface area contributed by atoms with Crippen LogP contribution in [0.5, 0.6) is 0 Å². The Hall–Kier alpha value is -0.650. The minimum atomic E-state index is 0.582. The number of nitrogens with zero attached hydrogens (tertiary/aromatic N) is 3. The molecule has 1 atom stereocenters. The summed E-state index contributed by atoms with van der Waals surface area (Å²) < 4.78 is 0. The van der Waals surface area contributed by atoms with E-state index in [1.807, 2.05) is 17.5 Å². The molecule has 1 N–H and O–H groups in total. The quantitative estimate of drug-likeness (QED) is 0.866. The standard InChI is InChI=1S/C14H26N4S/c1-4-12(3)15-10-13-11-16-14(19-13)18-8-6-17(5-2)7-9-18/h11-12,15H,4-10H2,1-3H3. The van der Waals surface area contributed by atoms with Crippen LogP contribution in [0.1, 0.15) is 32.1 Å². The van der Waals surface area contributed by atoms with E-state index in [-0.39, 0.29) is 0 Å². The predicted octanol–water partition coefficient (Wildman–Crippen LogP) is 2.17. The summed E-state index contributed by atoms with van der Waals surface area (Å²) >= 11 is 1.83. The van der Waals surface area contributed by atoms with Gasteiger partial charge in [0.1, 0.15) is 0 Å². The third-order valence-corrected chi connectivity index (χ3v) is 4.93. The lowest BCUT2D eigenvalue weighted by Crippen LogP contribution is -2.46. The van der Waals surface area contributed by atoms with E-state index in [1.54, 1.807) is 0 Å². The lowest BCUT2D eigenvalue weighted by molar-refractivity contribution is 0.271. The van der Waals surface area contributed by atoms with Crippen LogP contribution in [-0.4, -0.2) is 48.6 Å². The van der Waals surface area contributed by atoms with Crippen LogP contribution >= 0.6 is 11.3 Å². The van der Waals surface area contributed by atoms with Crippen molar-refractivity contribution in [2.45, 2.75) is 39.8 Å². The number of anilines is 1. The Balaban J connectivity index is 1.83. The summed E-state index contributed by atoms with van der Waals surface area (Å²) in [5.74, 6) is 0. The highest BCUT2D eigenvalue weighted by Crippen LogP contribution is 2.23. The molecule has 1 aromatic rings. The number of thiazole rings is 1. The van der Waals surface area contributed by atoms with Gasteiger partial charge in [0.05, 0.1) is 0 Å². The van der Waals surface area contributed by atoms with E-state index in [4.69, 9.17) is 0 Å². The van der Waals surface area contributed by atoms with Gasteiger partial charge in [0.15, 0.2) is 5.13 Å². The molecule has 4 nitrogen and oxygen atoms in total. The SMILES string of the molecule is CCC(C)NCc1cnc(N2CCN(CC)CC2)s1. The maximum atomic E-state index is 4.58. The number of nitrogens with one attached hydrogen (secondary N) is 1. The van der Waals surface area contributed by atoms with Crippen LogP contribution in [0.3, 0.4) is 0 Å². The van der Waals surface area contributed by atoms with Gasteiger partial charge in [-0.1, -0.05) is 13.8 Å². The zero-order valence-electron chi connectivity index (χ0n) is 12.4. The molecule has 108 valence electrons. The van der Waals surface area contributed by atoms with Crippen molar-refractivity contribution in [1.82, 2.24) is 15.2 Å². The largest absolute Gasteiger partial charge is 0.346 e. The highest BCUT2D eigenvalue weighted by atomic mass is 32.1. The van der Waals surface area contributed by atoms with Crippen molar-refractivity contribution in [3.8, 4) is 0 Å². The smallest absolute Gasteiger partial charge is 0.185 e. The minimum absolute atomic E-state index is 0.582. The first-order valence-electron chi connectivity index (χ1n) is 7.38. The van der Waals surface area contributed by atoms with Gasteiger partial charge in [0, 0.05) is 49.8 Å². The lowest BCUT2D eigenvalue weighted by Gasteiger charge is -2.33. The summed E-state index contributed by atoms with van der Waals surface area (Å²) in [6, 6.07) is 0.582. The Labute approximate surface area is 120 Å². The van der Waals surface area contributed by atoms with Crippen molar-refractivity contribution in [1.29, 1.82) is 0 Å². The molecule has 2 rings (SSSR count). The second-order valence-electron chi connectivity index (χ2n) is 5.22. The number of likely N-dealkylation sites (N-methyl/N-ethyl adjacent to an activating group) is 1. The van der Waals surface area contributed by atoms with Gasteiger partial charge in [-0.15, -0.1) is 11.3 Å². The Morgan fingerprint density at radius 1 is 1.32 bits per heavy atom. The van der Waals surface area contributed by atoms with Gasteiger partial charge in [-0.3, -0.25) is 0 Å². The van der Waals surface area contributed by atoms with Crippen LogP contribution in [0, 0.1) is 0 Å². The molecule has 2 heterocycles. The van der Waals surface area contributed by atoms with Crippen LogP contribution in [0.2, 0.25) is 0 Å². The van der Waals surface area contributed by atoms with Gasteiger partial charge in [0.25, 0.3) is 0 Å². The third-order valence-electron chi connectivity index (χ3n) is 3.87. The van der Waals surface area contributed by atoms with E-state index >= 15 is 0 Å². The number of aromatic nitrogens is 1. The van der Waals surface area contributed by atoms with Gasteiger partial charge in [-0.2, -0.15) is 0 Å². The molecule has 0 bridgehead atoms. The molecule has 0 aromatic carbocycles. The summed E-state index contributed by atoms with van der Waals surface area (Å²) in [5, 5.41) is 4.72. The van der Waals surface area contributed by atoms with E-state index in [1.165, 1.54) is 16.4 Å². The molecule has 1 unspecified atom stereocenters. The number of piperazine rings is 1. The highest BCUT2D eigenvalue weighted by Gasteiger charge is 2.18. The zero-order chi connectivity index (χ0) is 13.7. The Bertz CT molecular complexity index is 371. The molecule has 0 aliphatic carbocycles. The van der Waals surface area contributed by atoms with Crippen LogP contribution in [0.15, 0.2) is 6.20 Å². The minimum Gasteiger partial charge on any atom is -0.346 e. The first-order valence-corrected chi connectivity index (χ1v) is 8.20. The summed E-state index contributed by atoms with van der Waals surface area (Å²) in [6.07, 6.45) is 3.20. The van der Waals surface area contributed by atoms with Crippen molar-refractivity contribution in [2.24, 2.45) is 0 Å². The van der Waals surface area contributed by atoms with E-state index in [9.17, 15) is 0 Å². The molecule has 0 spiro atoms. The van der Waals surface area contributed by atoms with Crippen LogP contribution in [0.4, 0.5) is 5.13 Å². The molecule has 5 heteroatoms. The van der Waals surface area contributed by atoms with Gasteiger partial charge in [0.2, 0.25) is 0 Å². The normalized spacial score (nSPS) is 18.8. The number of hydrogen-bond donors (Lipinski definition) is 1. The van der Waals surface area contributed by atoms with E-state index in [2.05, 4.69) is 40.9 Å². The van der Waals surface area contributed by atoms with Crippen LogP contribution in [-0.2, 0) is 6.54 Å². The molecule has 0 saturated carbocycles. The predicted molar refractivity (Wildman–Crippen MR) is 83.0 cm³/mol. The van der Waals surface area contributed by atoms with Crippen molar-refractivity contribution in [3.05, 3.63) is 11.1 Å². The number of rotatable bonds is 6. The number of hydrogen-bond acceptors (Lipinski definition) is 5. The van der Waals surface area contributed by atoms with E-state index in [0.717, 1.165) is 39.3 Å². The van der Waals surface area contributed by atoms with E-state index < -0.39 is 0 Å². The molecule has 19 heavy (non-hydrogen) atoms. The van der Waals surface area contributed by atoms with Gasteiger partial charge in [-0.25, -0.2) is 4.98 Å². The van der Waals surface area contributed by atoms with Crippen LogP contribution in [0.25, 0.3) is 0 Å². The lowest BCUT2D eigenvalue weighted by atomic mass is 10.2. The van der Waals surface area contributed by atoms with Crippen molar-refractivity contribution < 1.29 is 0 Å². The fourth-order valence-electron chi connectivity index (χ4n) is 2.20. The summed E-state index contributed by atoms with van der Waals surface area (Å²) in [7, 11) is 0. The summed E-state index contributed by atoms with van der Waals surface area (Å²) in [6.45, 7) is 13.3. The maximum Gasteiger partial charge on any atom is 0.185 e. The summed E-state index contributed by atoms with van der Waals surface area (Å²) in [5.41, 5.74) is 0. The average molecular weight is 282 g/mol. The molecule has 1 aliphatic heterocycles. The first kappa shape index (κ1) is 14.8. The molecular weight excluding hydrogens is 256 g/mol. The molecule has 1 saturated heterocycles. The first-order chi connectivity index (χ1) is 9.22. The van der Waals surface area contributed by atoms with Crippen molar-refractivity contribution in [2.75, 3.05) is 37.6 Å². The Morgan fingerprint density at radius 3 is 2.68 bits per heavy atom. The van der Waals surface area contributed by atoms with Crippen molar-refractivity contribution in [3.63, 3.8) is 0 Å². The van der Waals surface area contributed by atoms with Crippen molar-refractivity contribution >= 4 is 16.5 Å². The molecular formula is C14H26N4S.